The quantitative estimate of drug-likeness (QED) is 0.435. The highest BCUT2D eigenvalue weighted by atomic mass is 32.2. The lowest BCUT2D eigenvalue weighted by atomic mass is 9.96. The molecule has 0 aliphatic heterocycles. The molecule has 0 saturated heterocycles. The largest absolute Gasteiger partial charge is 0.330 e. The number of hydrogen-bond acceptors (Lipinski definition) is 4. The maximum absolute atomic E-state index is 13.7. The summed E-state index contributed by atoms with van der Waals surface area (Å²) >= 11 is 0. The fraction of sp³-hybridized carbons (Fsp3) is 0.357. The molecule has 1 aromatic heterocycles. The molecule has 4 rings (SSSR count). The smallest absolute Gasteiger partial charge is 0.254 e. The van der Waals surface area contributed by atoms with E-state index in [0.717, 1.165) is 48.8 Å². The van der Waals surface area contributed by atoms with Crippen LogP contribution in [0, 0.1) is 6.92 Å². The summed E-state index contributed by atoms with van der Waals surface area (Å²) in [5, 5.41) is 0. The van der Waals surface area contributed by atoms with Crippen molar-refractivity contribution in [1.82, 2.24) is 14.2 Å². The number of hydrogen-bond donors (Lipinski definition) is 0. The first-order valence-corrected chi connectivity index (χ1v) is 13.6. The van der Waals surface area contributed by atoms with Gasteiger partial charge in [0.15, 0.2) is 0 Å². The van der Waals surface area contributed by atoms with Gasteiger partial charge in [-0.1, -0.05) is 55.7 Å². The summed E-state index contributed by atoms with van der Waals surface area (Å²) in [5.41, 5.74) is 3.42. The molecule has 2 aromatic carbocycles. The van der Waals surface area contributed by atoms with E-state index in [2.05, 4.69) is 4.98 Å². The van der Waals surface area contributed by atoms with Crippen LogP contribution in [0.3, 0.4) is 0 Å². The van der Waals surface area contributed by atoms with Gasteiger partial charge >= 0.3 is 0 Å². The van der Waals surface area contributed by atoms with Gasteiger partial charge in [0.2, 0.25) is 10.0 Å². The SMILES string of the molecule is Cc1ccccc1CN(Cc1cccnc1)C(=O)c1cccc(S(=O)(=O)N(C)C2CCCCC2)c1. The minimum Gasteiger partial charge on any atom is -0.330 e. The van der Waals surface area contributed by atoms with Crippen LogP contribution in [-0.2, 0) is 23.1 Å². The molecule has 184 valence electrons. The Kier molecular flexibility index (Phi) is 7.98. The Morgan fingerprint density at radius 1 is 0.971 bits per heavy atom. The Hall–Kier alpha value is -3.03. The van der Waals surface area contributed by atoms with E-state index in [4.69, 9.17) is 0 Å². The lowest BCUT2D eigenvalue weighted by molar-refractivity contribution is 0.0729. The zero-order chi connectivity index (χ0) is 24.8. The topological polar surface area (TPSA) is 70.6 Å². The molecule has 6 nitrogen and oxygen atoms in total. The number of aromatic nitrogens is 1. The van der Waals surface area contributed by atoms with E-state index in [1.807, 2.05) is 43.3 Å². The van der Waals surface area contributed by atoms with Crippen LogP contribution in [0.2, 0.25) is 0 Å². The van der Waals surface area contributed by atoms with Gasteiger partial charge in [0.1, 0.15) is 0 Å². The average Bonchev–Trinajstić information content (AvgIpc) is 2.90. The first kappa shape index (κ1) is 25.1. The van der Waals surface area contributed by atoms with E-state index in [9.17, 15) is 13.2 Å². The summed E-state index contributed by atoms with van der Waals surface area (Å²) in [6.45, 7) is 2.82. The third kappa shape index (κ3) is 5.97. The van der Waals surface area contributed by atoms with Crippen LogP contribution in [0.4, 0.5) is 0 Å². The lowest BCUT2D eigenvalue weighted by Crippen LogP contribution is -2.38. The molecule has 0 N–H and O–H groups in total. The van der Waals surface area contributed by atoms with E-state index in [-0.39, 0.29) is 16.8 Å². The second kappa shape index (κ2) is 11.1. The fourth-order valence-corrected chi connectivity index (χ4v) is 6.15. The molecule has 3 aromatic rings. The number of pyridine rings is 1. The van der Waals surface area contributed by atoms with Crippen molar-refractivity contribution in [3.63, 3.8) is 0 Å². The molecular formula is C28H33N3O3S. The molecule has 0 bridgehead atoms. The molecule has 1 saturated carbocycles. The second-order valence-electron chi connectivity index (χ2n) is 9.29. The van der Waals surface area contributed by atoms with Gasteiger partial charge in [-0.15, -0.1) is 0 Å². The minimum absolute atomic E-state index is 0.0104. The van der Waals surface area contributed by atoms with Gasteiger partial charge in [0, 0.05) is 44.1 Å². The highest BCUT2D eigenvalue weighted by Gasteiger charge is 2.30. The summed E-state index contributed by atoms with van der Waals surface area (Å²) < 4.78 is 28.3. The van der Waals surface area contributed by atoms with Gasteiger partial charge in [0.05, 0.1) is 4.90 Å². The first-order chi connectivity index (χ1) is 16.9. The predicted molar refractivity (Wildman–Crippen MR) is 137 cm³/mol. The highest BCUT2D eigenvalue weighted by Crippen LogP contribution is 2.27. The molecule has 7 heteroatoms. The number of nitrogens with zero attached hydrogens (tertiary/aromatic N) is 3. The summed E-state index contributed by atoms with van der Waals surface area (Å²) in [6.07, 6.45) is 8.46. The van der Waals surface area contributed by atoms with Crippen LogP contribution in [0.1, 0.15) is 59.2 Å². The van der Waals surface area contributed by atoms with Crippen molar-refractivity contribution < 1.29 is 13.2 Å². The van der Waals surface area contributed by atoms with E-state index in [1.165, 1.54) is 10.4 Å². The summed E-state index contributed by atoms with van der Waals surface area (Å²) in [6, 6.07) is 18.2. The van der Waals surface area contributed by atoms with Crippen LogP contribution in [0.15, 0.2) is 78.0 Å². The van der Waals surface area contributed by atoms with E-state index in [0.29, 0.717) is 18.7 Å². The summed E-state index contributed by atoms with van der Waals surface area (Å²) in [7, 11) is -2.03. The Morgan fingerprint density at radius 2 is 1.74 bits per heavy atom. The van der Waals surface area contributed by atoms with Crippen molar-refractivity contribution in [1.29, 1.82) is 0 Å². The zero-order valence-electron chi connectivity index (χ0n) is 20.4. The number of aryl methyl sites for hydroxylation is 1. The van der Waals surface area contributed by atoms with Crippen molar-refractivity contribution in [2.45, 2.75) is 63.1 Å². The number of rotatable bonds is 8. The number of carbonyl (C=O) groups is 1. The van der Waals surface area contributed by atoms with Gasteiger partial charge in [-0.3, -0.25) is 9.78 Å². The number of benzene rings is 2. The van der Waals surface area contributed by atoms with Gasteiger partial charge in [-0.25, -0.2) is 8.42 Å². The van der Waals surface area contributed by atoms with E-state index in [1.54, 1.807) is 42.5 Å². The van der Waals surface area contributed by atoms with Gasteiger partial charge < -0.3 is 4.90 Å². The van der Waals surface area contributed by atoms with Crippen molar-refractivity contribution >= 4 is 15.9 Å². The average molecular weight is 492 g/mol. The van der Waals surface area contributed by atoms with Crippen molar-refractivity contribution in [2.24, 2.45) is 0 Å². The van der Waals surface area contributed by atoms with Crippen LogP contribution in [0.5, 0.6) is 0 Å². The van der Waals surface area contributed by atoms with Gasteiger partial charge in [-0.2, -0.15) is 4.31 Å². The van der Waals surface area contributed by atoms with Crippen molar-refractivity contribution in [3.05, 3.63) is 95.3 Å². The highest BCUT2D eigenvalue weighted by molar-refractivity contribution is 7.89. The number of sulfonamides is 1. The van der Waals surface area contributed by atoms with Crippen LogP contribution >= 0.6 is 0 Å². The Morgan fingerprint density at radius 3 is 2.46 bits per heavy atom. The van der Waals surface area contributed by atoms with Crippen LogP contribution < -0.4 is 0 Å². The fourth-order valence-electron chi connectivity index (χ4n) is 4.68. The normalized spacial score (nSPS) is 14.7. The molecule has 0 atom stereocenters. The molecule has 1 aliphatic carbocycles. The molecule has 0 unspecified atom stereocenters. The predicted octanol–water partition coefficient (Wildman–Crippen LogP) is 5.19. The van der Waals surface area contributed by atoms with Crippen LogP contribution in [0.25, 0.3) is 0 Å². The molecule has 0 spiro atoms. The molecular weight excluding hydrogens is 458 g/mol. The maximum atomic E-state index is 13.7. The maximum Gasteiger partial charge on any atom is 0.254 e. The molecule has 35 heavy (non-hydrogen) atoms. The first-order valence-electron chi connectivity index (χ1n) is 12.2. The van der Waals surface area contributed by atoms with Crippen LogP contribution in [-0.4, -0.2) is 41.6 Å². The summed E-state index contributed by atoms with van der Waals surface area (Å²) in [4.78, 5) is 19.8. The zero-order valence-corrected chi connectivity index (χ0v) is 21.2. The molecule has 1 fully saturated rings. The lowest BCUT2D eigenvalue weighted by Gasteiger charge is -2.30. The van der Waals surface area contributed by atoms with E-state index < -0.39 is 10.0 Å². The van der Waals surface area contributed by atoms with Crippen molar-refractivity contribution in [3.8, 4) is 0 Å². The van der Waals surface area contributed by atoms with Crippen molar-refractivity contribution in [2.75, 3.05) is 7.05 Å². The second-order valence-corrected chi connectivity index (χ2v) is 11.3. The Labute approximate surface area is 208 Å². The molecule has 1 amide bonds. The Balaban J connectivity index is 1.62. The Bertz CT molecular complexity index is 1260. The molecule has 0 radical (unpaired) electrons. The number of amides is 1. The molecule has 1 heterocycles. The van der Waals surface area contributed by atoms with Gasteiger partial charge in [-0.05, 0) is 60.7 Å². The third-order valence-electron chi connectivity index (χ3n) is 6.85. The monoisotopic (exact) mass is 491 g/mol. The van der Waals surface area contributed by atoms with Gasteiger partial charge in [0.25, 0.3) is 5.91 Å². The summed E-state index contributed by atoms with van der Waals surface area (Å²) in [5.74, 6) is -0.213. The minimum atomic E-state index is -3.69. The molecule has 1 aliphatic rings. The number of carbonyl (C=O) groups excluding carboxylic acids is 1. The van der Waals surface area contributed by atoms with E-state index >= 15 is 0 Å². The third-order valence-corrected chi connectivity index (χ3v) is 8.76. The standard InChI is InChI=1S/C28H33N3O3S/c1-22-10-6-7-12-25(22)21-31(20-23-11-9-17-29-19-23)28(32)24-13-8-16-27(18-24)35(33,34)30(2)26-14-4-3-5-15-26/h6-13,16-19,26H,3-5,14-15,20-21H2,1-2H3.